The van der Waals surface area contributed by atoms with Gasteiger partial charge in [-0.15, -0.1) is 0 Å². The van der Waals surface area contributed by atoms with Gasteiger partial charge in [-0.25, -0.2) is 17.2 Å². The molecule has 0 radical (unpaired) electrons. The Morgan fingerprint density at radius 3 is 2.38 bits per heavy atom. The molecule has 0 N–H and O–H groups in total. The number of halogens is 2. The summed E-state index contributed by atoms with van der Waals surface area (Å²) in [6, 6.07) is 6.92. The molecular formula is C13H9F2NO4S. The molecule has 0 aliphatic heterocycles. The molecular weight excluding hydrogens is 304 g/mol. The van der Waals surface area contributed by atoms with E-state index >= 15 is 0 Å². The highest BCUT2D eigenvalue weighted by Gasteiger charge is 2.19. The molecule has 5 nitrogen and oxygen atoms in total. The van der Waals surface area contributed by atoms with E-state index in [4.69, 9.17) is 0 Å². The molecule has 0 saturated heterocycles. The Morgan fingerprint density at radius 1 is 1.05 bits per heavy atom. The Morgan fingerprint density at radius 2 is 1.76 bits per heavy atom. The number of benzene rings is 2. The predicted molar refractivity (Wildman–Crippen MR) is 70.3 cm³/mol. The molecule has 2 aromatic carbocycles. The molecule has 2 rings (SSSR count). The van der Waals surface area contributed by atoms with Crippen molar-refractivity contribution in [3.8, 4) is 0 Å². The van der Waals surface area contributed by atoms with E-state index in [1.54, 1.807) is 0 Å². The second kappa shape index (κ2) is 5.57. The Labute approximate surface area is 118 Å². The number of sulfone groups is 1. The van der Waals surface area contributed by atoms with Crippen molar-refractivity contribution in [2.75, 3.05) is 0 Å². The summed E-state index contributed by atoms with van der Waals surface area (Å²) in [6.45, 7) is 0. The van der Waals surface area contributed by atoms with E-state index in [2.05, 4.69) is 0 Å². The molecule has 110 valence electrons. The molecule has 0 aliphatic rings. The maximum Gasteiger partial charge on any atom is 0.272 e. The SMILES string of the molecule is O=[N+]([O-])c1cc(F)cc(CS(=O)(=O)c2cccc(F)c2)c1. The van der Waals surface area contributed by atoms with Crippen molar-refractivity contribution in [1.82, 2.24) is 0 Å². The zero-order valence-corrected chi connectivity index (χ0v) is 11.3. The average Bonchev–Trinajstić information content (AvgIpc) is 2.37. The van der Waals surface area contributed by atoms with Crippen molar-refractivity contribution in [3.63, 3.8) is 0 Å². The fraction of sp³-hybridized carbons (Fsp3) is 0.0769. The van der Waals surface area contributed by atoms with E-state index in [0.29, 0.717) is 6.07 Å². The lowest BCUT2D eigenvalue weighted by molar-refractivity contribution is -0.385. The lowest BCUT2D eigenvalue weighted by Crippen LogP contribution is -2.06. The van der Waals surface area contributed by atoms with Gasteiger partial charge in [0.1, 0.15) is 11.6 Å². The lowest BCUT2D eigenvalue weighted by Gasteiger charge is -2.05. The number of nitrogens with zero attached hydrogens (tertiary/aromatic N) is 1. The molecule has 0 bridgehead atoms. The van der Waals surface area contributed by atoms with E-state index in [9.17, 15) is 27.3 Å². The van der Waals surface area contributed by atoms with Crippen LogP contribution in [0, 0.1) is 21.7 Å². The first kappa shape index (κ1) is 15.0. The number of hydrogen-bond donors (Lipinski definition) is 0. The number of rotatable bonds is 4. The van der Waals surface area contributed by atoms with Gasteiger partial charge in [-0.3, -0.25) is 10.1 Å². The highest BCUT2D eigenvalue weighted by Crippen LogP contribution is 2.21. The molecule has 0 aromatic heterocycles. The number of nitro benzene ring substituents is 1. The molecule has 2 aromatic rings. The third-order valence-electron chi connectivity index (χ3n) is 2.67. The molecule has 0 aliphatic carbocycles. The van der Waals surface area contributed by atoms with Gasteiger partial charge in [0.25, 0.3) is 5.69 Å². The number of nitro groups is 1. The largest absolute Gasteiger partial charge is 0.272 e. The number of non-ortho nitro benzene ring substituents is 1. The van der Waals surface area contributed by atoms with Crippen LogP contribution in [0.4, 0.5) is 14.5 Å². The van der Waals surface area contributed by atoms with Crippen molar-refractivity contribution < 1.29 is 22.1 Å². The van der Waals surface area contributed by atoms with E-state index in [1.165, 1.54) is 12.1 Å². The molecule has 0 heterocycles. The van der Waals surface area contributed by atoms with E-state index in [0.717, 1.165) is 24.3 Å². The van der Waals surface area contributed by atoms with Gasteiger partial charge in [0.05, 0.1) is 21.6 Å². The average molecular weight is 313 g/mol. The van der Waals surface area contributed by atoms with Crippen molar-refractivity contribution in [3.05, 3.63) is 69.8 Å². The van der Waals surface area contributed by atoms with Crippen LogP contribution in [0.2, 0.25) is 0 Å². The molecule has 21 heavy (non-hydrogen) atoms. The van der Waals surface area contributed by atoms with Gasteiger partial charge in [-0.1, -0.05) is 6.07 Å². The van der Waals surface area contributed by atoms with Crippen molar-refractivity contribution >= 4 is 15.5 Å². The highest BCUT2D eigenvalue weighted by atomic mass is 32.2. The molecule has 0 atom stereocenters. The second-order valence-electron chi connectivity index (χ2n) is 4.29. The monoisotopic (exact) mass is 313 g/mol. The predicted octanol–water partition coefficient (Wildman–Crippen LogP) is 2.85. The minimum Gasteiger partial charge on any atom is -0.258 e. The van der Waals surface area contributed by atoms with Crippen LogP contribution in [0.25, 0.3) is 0 Å². The fourth-order valence-corrected chi connectivity index (χ4v) is 3.14. The Kier molecular flexibility index (Phi) is 3.99. The lowest BCUT2D eigenvalue weighted by atomic mass is 10.2. The second-order valence-corrected chi connectivity index (χ2v) is 6.28. The summed E-state index contributed by atoms with van der Waals surface area (Å²) in [5.41, 5.74) is -0.620. The number of hydrogen-bond acceptors (Lipinski definition) is 4. The smallest absolute Gasteiger partial charge is 0.258 e. The van der Waals surface area contributed by atoms with E-state index in [1.807, 2.05) is 0 Å². The summed E-state index contributed by atoms with van der Waals surface area (Å²) in [6.07, 6.45) is 0. The summed E-state index contributed by atoms with van der Waals surface area (Å²) in [5, 5.41) is 10.6. The van der Waals surface area contributed by atoms with Crippen molar-refractivity contribution in [1.29, 1.82) is 0 Å². The van der Waals surface area contributed by atoms with Gasteiger partial charge in [-0.05, 0) is 29.8 Å². The third-order valence-corrected chi connectivity index (χ3v) is 4.35. The standard InChI is InChI=1S/C13H9F2NO4S/c14-10-2-1-3-13(7-10)21(19,20)8-9-4-11(15)6-12(5-9)16(17)18/h1-7H,8H2. The quantitative estimate of drug-likeness (QED) is 0.642. The summed E-state index contributed by atoms with van der Waals surface area (Å²) in [7, 11) is -3.92. The molecule has 8 heteroatoms. The van der Waals surface area contributed by atoms with Gasteiger partial charge in [0.15, 0.2) is 9.84 Å². The molecule has 0 saturated carbocycles. The van der Waals surface area contributed by atoms with Crippen LogP contribution < -0.4 is 0 Å². The van der Waals surface area contributed by atoms with E-state index in [-0.39, 0.29) is 10.5 Å². The molecule has 0 fully saturated rings. The van der Waals surface area contributed by atoms with Gasteiger partial charge < -0.3 is 0 Å². The topological polar surface area (TPSA) is 77.3 Å². The first-order valence-corrected chi connectivity index (χ1v) is 7.35. The van der Waals surface area contributed by atoms with Crippen molar-refractivity contribution in [2.24, 2.45) is 0 Å². The maximum atomic E-state index is 13.3. The summed E-state index contributed by atoms with van der Waals surface area (Å²) in [5.74, 6) is -2.29. The zero-order valence-electron chi connectivity index (χ0n) is 10.5. The maximum absolute atomic E-state index is 13.3. The zero-order chi connectivity index (χ0) is 15.6. The van der Waals surface area contributed by atoms with Crippen molar-refractivity contribution in [2.45, 2.75) is 10.6 Å². The van der Waals surface area contributed by atoms with Gasteiger partial charge in [0.2, 0.25) is 0 Å². The Bertz CT molecular complexity index is 806. The van der Waals surface area contributed by atoms with Crippen LogP contribution >= 0.6 is 0 Å². The third kappa shape index (κ3) is 3.60. The van der Waals surface area contributed by atoms with Crippen LogP contribution in [0.1, 0.15) is 5.56 Å². The van der Waals surface area contributed by atoms with Crippen LogP contribution in [-0.4, -0.2) is 13.3 Å². The summed E-state index contributed by atoms with van der Waals surface area (Å²) < 4.78 is 50.5. The molecule has 0 spiro atoms. The van der Waals surface area contributed by atoms with Crippen LogP contribution in [-0.2, 0) is 15.6 Å². The highest BCUT2D eigenvalue weighted by molar-refractivity contribution is 7.90. The minimum atomic E-state index is -3.92. The van der Waals surface area contributed by atoms with Crippen LogP contribution in [0.5, 0.6) is 0 Å². The molecule has 0 amide bonds. The van der Waals surface area contributed by atoms with E-state index < -0.39 is 37.8 Å². The molecule has 0 unspecified atom stereocenters. The first-order valence-electron chi connectivity index (χ1n) is 5.70. The minimum absolute atomic E-state index is 0.0778. The Hall–Kier alpha value is -2.35. The Balaban J connectivity index is 2.39. The van der Waals surface area contributed by atoms with Gasteiger partial charge >= 0.3 is 0 Å². The summed E-state index contributed by atoms with van der Waals surface area (Å²) >= 11 is 0. The fourth-order valence-electron chi connectivity index (χ4n) is 1.79. The first-order chi connectivity index (χ1) is 9.78. The van der Waals surface area contributed by atoms with Gasteiger partial charge in [0, 0.05) is 6.07 Å². The van der Waals surface area contributed by atoms with Gasteiger partial charge in [-0.2, -0.15) is 0 Å². The van der Waals surface area contributed by atoms with Crippen LogP contribution in [0.15, 0.2) is 47.4 Å². The summed E-state index contributed by atoms with van der Waals surface area (Å²) in [4.78, 5) is 9.54. The normalized spacial score (nSPS) is 11.3. The van der Waals surface area contributed by atoms with Crippen LogP contribution in [0.3, 0.4) is 0 Å².